The summed E-state index contributed by atoms with van der Waals surface area (Å²) in [6, 6.07) is 19.6. The number of aryl methyl sites for hydroxylation is 1. The number of hydrazone groups is 1. The van der Waals surface area contributed by atoms with Gasteiger partial charge in [-0.05, 0) is 55.0 Å². The molecule has 3 aromatic carbocycles. The van der Waals surface area contributed by atoms with Crippen molar-refractivity contribution in [3.63, 3.8) is 0 Å². The summed E-state index contributed by atoms with van der Waals surface area (Å²) in [6.07, 6.45) is 1.58. The van der Waals surface area contributed by atoms with E-state index in [-0.39, 0.29) is 10.5 Å². The quantitative estimate of drug-likeness (QED) is 0.382. The van der Waals surface area contributed by atoms with E-state index in [1.165, 1.54) is 35.2 Å². The van der Waals surface area contributed by atoms with Crippen molar-refractivity contribution in [1.29, 1.82) is 0 Å². The first-order valence-electron chi connectivity index (χ1n) is 9.36. The molecule has 1 aromatic heterocycles. The van der Waals surface area contributed by atoms with Gasteiger partial charge in [-0.25, -0.2) is 19.0 Å². The molecule has 3 N–H and O–H groups in total. The molecule has 0 aliphatic rings. The first-order chi connectivity index (χ1) is 14.4. The third-order valence-corrected chi connectivity index (χ3v) is 5.87. The minimum atomic E-state index is -3.80. The van der Waals surface area contributed by atoms with Crippen LogP contribution in [0, 0.1) is 0 Å². The van der Waals surface area contributed by atoms with E-state index in [0.717, 1.165) is 23.0 Å². The molecule has 0 radical (unpaired) electrons. The molecule has 0 spiro atoms. The van der Waals surface area contributed by atoms with Crippen molar-refractivity contribution in [2.24, 2.45) is 10.2 Å². The molecule has 0 aliphatic heterocycles. The maximum Gasteiger partial charge on any atom is 0.271 e. The molecule has 0 fully saturated rings. The number of fused-ring (bicyclic) bond motifs is 3. The van der Waals surface area contributed by atoms with Crippen LogP contribution in [0.15, 0.2) is 76.7 Å². The predicted octanol–water partition coefficient (Wildman–Crippen LogP) is 3.23. The molecule has 4 aromatic rings. The summed E-state index contributed by atoms with van der Waals surface area (Å²) < 4.78 is 24.8. The number of sulfonamides is 1. The van der Waals surface area contributed by atoms with Crippen LogP contribution in [0.25, 0.3) is 21.8 Å². The van der Waals surface area contributed by atoms with Crippen molar-refractivity contribution in [1.82, 2.24) is 9.99 Å². The molecule has 0 aliphatic carbocycles. The average molecular weight is 420 g/mol. The summed E-state index contributed by atoms with van der Waals surface area (Å²) in [4.78, 5) is 12.2. The van der Waals surface area contributed by atoms with Gasteiger partial charge in [0, 0.05) is 33.9 Å². The Morgan fingerprint density at radius 3 is 2.43 bits per heavy atom. The third kappa shape index (κ3) is 3.70. The van der Waals surface area contributed by atoms with Crippen molar-refractivity contribution in [3.05, 3.63) is 77.9 Å². The molecule has 0 bridgehead atoms. The lowest BCUT2D eigenvalue weighted by atomic mass is 10.1. The molecule has 0 unspecified atom stereocenters. The van der Waals surface area contributed by atoms with Gasteiger partial charge in [-0.15, -0.1) is 0 Å². The van der Waals surface area contributed by atoms with Gasteiger partial charge in [0.2, 0.25) is 10.0 Å². The fraction of sp³-hybridized carbons (Fsp3) is 0.0909. The Bertz CT molecular complexity index is 1390. The number of hydrogen-bond donors (Lipinski definition) is 2. The number of amides is 1. The number of carbonyl (C=O) groups is 1. The second-order valence-electron chi connectivity index (χ2n) is 6.81. The van der Waals surface area contributed by atoms with Gasteiger partial charge in [0.25, 0.3) is 5.91 Å². The lowest BCUT2D eigenvalue weighted by molar-refractivity contribution is 0.0955. The Balaban J connectivity index is 1.55. The molecule has 0 atom stereocenters. The Kier molecular flexibility index (Phi) is 5.11. The second-order valence-corrected chi connectivity index (χ2v) is 8.37. The predicted molar refractivity (Wildman–Crippen MR) is 118 cm³/mol. The minimum absolute atomic E-state index is 0.0536. The van der Waals surface area contributed by atoms with Crippen LogP contribution >= 0.6 is 0 Å². The maximum absolute atomic E-state index is 12.2. The summed E-state index contributed by atoms with van der Waals surface area (Å²) in [5.74, 6) is -0.448. The van der Waals surface area contributed by atoms with Crippen LogP contribution in [0.1, 0.15) is 22.8 Å². The molecule has 0 saturated carbocycles. The number of nitrogens with zero attached hydrogens (tertiary/aromatic N) is 2. The van der Waals surface area contributed by atoms with E-state index in [1.807, 2.05) is 30.3 Å². The monoisotopic (exact) mass is 420 g/mol. The Labute approximate surface area is 173 Å². The third-order valence-electron chi connectivity index (χ3n) is 4.94. The van der Waals surface area contributed by atoms with Crippen LogP contribution in [0.3, 0.4) is 0 Å². The lowest BCUT2D eigenvalue weighted by Gasteiger charge is -2.03. The number of para-hydroxylation sites is 1. The van der Waals surface area contributed by atoms with Crippen molar-refractivity contribution in [3.8, 4) is 0 Å². The summed E-state index contributed by atoms with van der Waals surface area (Å²) in [6.45, 7) is 2.99. The largest absolute Gasteiger partial charge is 0.341 e. The molecule has 0 saturated heterocycles. The lowest BCUT2D eigenvalue weighted by Crippen LogP contribution is -2.18. The van der Waals surface area contributed by atoms with Crippen molar-refractivity contribution >= 4 is 44.0 Å². The molecule has 1 amide bonds. The summed E-state index contributed by atoms with van der Waals surface area (Å²) in [5, 5.41) is 11.4. The van der Waals surface area contributed by atoms with Gasteiger partial charge in [-0.3, -0.25) is 4.79 Å². The molecular weight excluding hydrogens is 400 g/mol. The van der Waals surface area contributed by atoms with Crippen LogP contribution in [0.2, 0.25) is 0 Å². The van der Waals surface area contributed by atoms with E-state index in [9.17, 15) is 13.2 Å². The van der Waals surface area contributed by atoms with E-state index < -0.39 is 15.9 Å². The van der Waals surface area contributed by atoms with Crippen LogP contribution in [-0.4, -0.2) is 25.1 Å². The number of carbonyl (C=O) groups excluding carboxylic acids is 1. The van der Waals surface area contributed by atoms with E-state index in [0.29, 0.717) is 0 Å². The zero-order valence-electron chi connectivity index (χ0n) is 16.2. The van der Waals surface area contributed by atoms with Crippen LogP contribution in [-0.2, 0) is 16.6 Å². The van der Waals surface area contributed by atoms with Gasteiger partial charge in [-0.2, -0.15) is 5.10 Å². The molecule has 4 rings (SSSR count). The molecule has 8 heteroatoms. The van der Waals surface area contributed by atoms with Gasteiger partial charge in [-0.1, -0.05) is 24.3 Å². The number of primary sulfonamides is 1. The highest BCUT2D eigenvalue weighted by Crippen LogP contribution is 2.29. The maximum atomic E-state index is 12.2. The Morgan fingerprint density at radius 2 is 1.73 bits per heavy atom. The molecule has 7 nitrogen and oxygen atoms in total. The van der Waals surface area contributed by atoms with Gasteiger partial charge < -0.3 is 4.57 Å². The summed E-state index contributed by atoms with van der Waals surface area (Å²) in [7, 11) is -3.80. The minimum Gasteiger partial charge on any atom is -0.341 e. The fourth-order valence-electron chi connectivity index (χ4n) is 3.52. The molecule has 30 heavy (non-hydrogen) atoms. The highest BCUT2D eigenvalue weighted by atomic mass is 32.2. The van der Waals surface area contributed by atoms with Crippen LogP contribution in [0.5, 0.6) is 0 Å². The first kappa shape index (κ1) is 19.8. The number of nitrogens with two attached hydrogens (primary N) is 1. The Hall–Kier alpha value is -3.49. The summed E-state index contributed by atoms with van der Waals surface area (Å²) in [5.41, 5.74) is 5.91. The number of nitrogens with one attached hydrogen (secondary N) is 1. The first-order valence-corrected chi connectivity index (χ1v) is 10.9. The Morgan fingerprint density at radius 1 is 1.03 bits per heavy atom. The number of hydrogen-bond acceptors (Lipinski definition) is 4. The highest BCUT2D eigenvalue weighted by Gasteiger charge is 2.11. The van der Waals surface area contributed by atoms with Crippen LogP contribution in [0.4, 0.5) is 0 Å². The van der Waals surface area contributed by atoms with Gasteiger partial charge in [0.15, 0.2) is 0 Å². The van der Waals surface area contributed by atoms with Crippen molar-refractivity contribution < 1.29 is 13.2 Å². The van der Waals surface area contributed by atoms with Crippen LogP contribution < -0.4 is 10.6 Å². The van der Waals surface area contributed by atoms with Gasteiger partial charge >= 0.3 is 0 Å². The normalized spacial score (nSPS) is 12.1. The van der Waals surface area contributed by atoms with Crippen molar-refractivity contribution in [2.75, 3.05) is 0 Å². The van der Waals surface area contributed by atoms with E-state index in [2.05, 4.69) is 34.2 Å². The molecular formula is C22H20N4O3S. The number of rotatable bonds is 5. The van der Waals surface area contributed by atoms with E-state index in [4.69, 9.17) is 5.14 Å². The SMILES string of the molecule is CCn1c2ccccc2c2cc(/C=N/NC(=O)c3ccc(S(N)(=O)=O)cc3)ccc21. The van der Waals surface area contributed by atoms with Crippen molar-refractivity contribution in [2.45, 2.75) is 18.4 Å². The zero-order chi connectivity index (χ0) is 21.3. The zero-order valence-corrected chi connectivity index (χ0v) is 17.1. The smallest absolute Gasteiger partial charge is 0.271 e. The fourth-order valence-corrected chi connectivity index (χ4v) is 4.03. The van der Waals surface area contributed by atoms with Gasteiger partial charge in [0.1, 0.15) is 0 Å². The van der Waals surface area contributed by atoms with E-state index >= 15 is 0 Å². The standard InChI is InChI=1S/C22H20N4O3S/c1-2-26-20-6-4-3-5-18(20)19-13-15(7-12-21(19)26)14-24-25-22(27)16-8-10-17(11-9-16)30(23,28)29/h3-14H,2H2,1H3,(H,25,27)(H2,23,28,29)/b24-14+. The average Bonchev–Trinajstić information content (AvgIpc) is 3.06. The highest BCUT2D eigenvalue weighted by molar-refractivity contribution is 7.89. The number of aromatic nitrogens is 1. The summed E-state index contributed by atoms with van der Waals surface area (Å²) >= 11 is 0. The number of benzene rings is 3. The second kappa shape index (κ2) is 7.74. The topological polar surface area (TPSA) is 107 Å². The van der Waals surface area contributed by atoms with Gasteiger partial charge in [0.05, 0.1) is 11.1 Å². The molecule has 1 heterocycles. The molecule has 152 valence electrons. The van der Waals surface area contributed by atoms with E-state index in [1.54, 1.807) is 6.21 Å².